The molecule has 0 saturated carbocycles. The molecule has 21 heavy (non-hydrogen) atoms. The summed E-state index contributed by atoms with van der Waals surface area (Å²) in [5, 5.41) is 5.53. The Morgan fingerprint density at radius 3 is 2.81 bits per heavy atom. The summed E-state index contributed by atoms with van der Waals surface area (Å²) in [5.74, 6) is 2.09. The summed E-state index contributed by atoms with van der Waals surface area (Å²) < 4.78 is 5.86. The lowest BCUT2D eigenvalue weighted by atomic mass is 10.2. The third kappa shape index (κ3) is 4.99. The molecule has 0 spiro atoms. The van der Waals surface area contributed by atoms with E-state index in [0.717, 1.165) is 50.7 Å². The fourth-order valence-corrected chi connectivity index (χ4v) is 3.11. The summed E-state index contributed by atoms with van der Waals surface area (Å²) in [7, 11) is 0. The molecule has 0 saturated heterocycles. The van der Waals surface area contributed by atoms with Crippen LogP contribution < -0.4 is 5.32 Å². The van der Waals surface area contributed by atoms with Crippen LogP contribution in [-0.2, 0) is 19.6 Å². The Balaban J connectivity index is 1.93. The third-order valence-corrected chi connectivity index (χ3v) is 4.46. The van der Waals surface area contributed by atoms with Gasteiger partial charge in [-0.15, -0.1) is 11.3 Å². The predicted octanol–water partition coefficient (Wildman–Crippen LogP) is 4.17. The topological polar surface area (TPSA) is 28.4 Å². The smallest absolute Gasteiger partial charge is 0.118 e. The number of thiophene rings is 1. The van der Waals surface area contributed by atoms with Gasteiger partial charge in [-0.2, -0.15) is 0 Å². The first-order valence-corrected chi connectivity index (χ1v) is 8.64. The Bertz CT molecular complexity index is 519. The van der Waals surface area contributed by atoms with Gasteiger partial charge >= 0.3 is 0 Å². The molecule has 2 heterocycles. The fraction of sp³-hybridized carbons (Fsp3) is 0.529. The van der Waals surface area contributed by atoms with E-state index in [2.05, 4.69) is 54.6 Å². The summed E-state index contributed by atoms with van der Waals surface area (Å²) in [6, 6.07) is 6.53. The molecule has 0 fully saturated rings. The van der Waals surface area contributed by atoms with E-state index in [4.69, 9.17) is 4.42 Å². The fourth-order valence-electron chi connectivity index (χ4n) is 2.36. The van der Waals surface area contributed by atoms with Crippen LogP contribution in [-0.4, -0.2) is 18.0 Å². The monoisotopic (exact) mass is 306 g/mol. The molecule has 0 aliphatic rings. The Kier molecular flexibility index (Phi) is 6.49. The van der Waals surface area contributed by atoms with Crippen LogP contribution in [0.25, 0.3) is 0 Å². The minimum absolute atomic E-state index is 0.825. The molecule has 0 bridgehead atoms. The normalized spacial score (nSPS) is 11.4. The second-order valence-corrected chi connectivity index (χ2v) is 6.39. The number of hydrogen-bond acceptors (Lipinski definition) is 4. The van der Waals surface area contributed by atoms with E-state index in [9.17, 15) is 0 Å². The second kappa shape index (κ2) is 8.37. The molecule has 4 heteroatoms. The van der Waals surface area contributed by atoms with Crippen LogP contribution in [0.2, 0.25) is 0 Å². The van der Waals surface area contributed by atoms with Gasteiger partial charge in [-0.25, -0.2) is 0 Å². The molecule has 0 amide bonds. The van der Waals surface area contributed by atoms with Crippen LogP contribution in [0, 0.1) is 6.92 Å². The highest BCUT2D eigenvalue weighted by Gasteiger charge is 2.12. The van der Waals surface area contributed by atoms with E-state index in [1.54, 1.807) is 0 Å². The SMILES string of the molecule is CCCNCc1cc(CN(CC)Cc2cccs2)c(C)o1. The molecule has 2 aromatic heterocycles. The number of furan rings is 1. The molecule has 0 unspecified atom stereocenters. The van der Waals surface area contributed by atoms with Crippen LogP contribution in [0.3, 0.4) is 0 Å². The molecule has 0 radical (unpaired) electrons. The van der Waals surface area contributed by atoms with Gasteiger partial charge in [-0.1, -0.05) is 19.9 Å². The van der Waals surface area contributed by atoms with Gasteiger partial charge in [0, 0.05) is 23.5 Å². The second-order valence-electron chi connectivity index (χ2n) is 5.35. The lowest BCUT2D eigenvalue weighted by molar-refractivity contribution is 0.272. The number of aryl methyl sites for hydroxylation is 1. The third-order valence-electron chi connectivity index (χ3n) is 3.60. The van der Waals surface area contributed by atoms with Crippen LogP contribution in [0.15, 0.2) is 28.0 Å². The maximum Gasteiger partial charge on any atom is 0.118 e. The van der Waals surface area contributed by atoms with Crippen molar-refractivity contribution in [2.24, 2.45) is 0 Å². The number of nitrogens with zero attached hydrogens (tertiary/aromatic N) is 1. The molecule has 0 atom stereocenters. The Labute approximate surface area is 132 Å². The maximum atomic E-state index is 5.86. The van der Waals surface area contributed by atoms with Crippen molar-refractivity contribution in [2.75, 3.05) is 13.1 Å². The highest BCUT2D eigenvalue weighted by molar-refractivity contribution is 7.09. The van der Waals surface area contributed by atoms with Crippen molar-refractivity contribution < 1.29 is 4.42 Å². The predicted molar refractivity (Wildman–Crippen MR) is 89.5 cm³/mol. The quantitative estimate of drug-likeness (QED) is 0.705. The Morgan fingerprint density at radius 2 is 2.14 bits per heavy atom. The molecule has 0 aliphatic heterocycles. The molecule has 0 aliphatic carbocycles. The van der Waals surface area contributed by atoms with Crippen LogP contribution >= 0.6 is 11.3 Å². The van der Waals surface area contributed by atoms with E-state index >= 15 is 0 Å². The molecule has 2 rings (SSSR count). The van der Waals surface area contributed by atoms with Crippen molar-refractivity contribution in [2.45, 2.75) is 46.8 Å². The minimum Gasteiger partial charge on any atom is -0.465 e. The van der Waals surface area contributed by atoms with Gasteiger partial charge < -0.3 is 9.73 Å². The molecule has 0 aromatic carbocycles. The lowest BCUT2D eigenvalue weighted by Crippen LogP contribution is -2.21. The van der Waals surface area contributed by atoms with Crippen molar-refractivity contribution in [3.8, 4) is 0 Å². The number of hydrogen-bond donors (Lipinski definition) is 1. The standard InChI is InChI=1S/C17H26N2OS/c1-4-8-18-11-16-10-15(14(3)20-16)12-19(5-2)13-17-7-6-9-21-17/h6-7,9-10,18H,4-5,8,11-13H2,1-3H3. The largest absolute Gasteiger partial charge is 0.465 e. The van der Waals surface area contributed by atoms with Gasteiger partial charge in [-0.05, 0) is 43.9 Å². The zero-order valence-corrected chi connectivity index (χ0v) is 14.1. The summed E-state index contributed by atoms with van der Waals surface area (Å²) in [6.07, 6.45) is 1.15. The van der Waals surface area contributed by atoms with Crippen molar-refractivity contribution in [1.29, 1.82) is 0 Å². The van der Waals surface area contributed by atoms with Crippen LogP contribution in [0.5, 0.6) is 0 Å². The highest BCUT2D eigenvalue weighted by atomic mass is 32.1. The van der Waals surface area contributed by atoms with E-state index < -0.39 is 0 Å². The molecule has 2 aromatic rings. The molecular weight excluding hydrogens is 280 g/mol. The van der Waals surface area contributed by atoms with Crippen LogP contribution in [0.4, 0.5) is 0 Å². The molecule has 116 valence electrons. The Hall–Kier alpha value is -1.10. The summed E-state index contributed by atoms with van der Waals surface area (Å²) in [6.45, 7) is 11.3. The first-order chi connectivity index (χ1) is 10.2. The van der Waals surface area contributed by atoms with Gasteiger partial charge in [0.25, 0.3) is 0 Å². The number of rotatable bonds is 9. The van der Waals surface area contributed by atoms with Gasteiger partial charge in [0.2, 0.25) is 0 Å². The zero-order chi connectivity index (χ0) is 15.1. The number of nitrogens with one attached hydrogen (secondary N) is 1. The summed E-state index contributed by atoms with van der Waals surface area (Å²) in [5.41, 5.74) is 1.31. The summed E-state index contributed by atoms with van der Waals surface area (Å²) >= 11 is 1.83. The Morgan fingerprint density at radius 1 is 1.29 bits per heavy atom. The first-order valence-electron chi connectivity index (χ1n) is 7.76. The maximum absolute atomic E-state index is 5.86. The van der Waals surface area contributed by atoms with Crippen molar-refractivity contribution >= 4 is 11.3 Å². The van der Waals surface area contributed by atoms with E-state index in [0.29, 0.717) is 0 Å². The molecule has 3 nitrogen and oxygen atoms in total. The van der Waals surface area contributed by atoms with Crippen molar-refractivity contribution in [1.82, 2.24) is 10.2 Å². The van der Waals surface area contributed by atoms with E-state index in [1.165, 1.54) is 10.4 Å². The van der Waals surface area contributed by atoms with E-state index in [-0.39, 0.29) is 0 Å². The molecule has 1 N–H and O–H groups in total. The van der Waals surface area contributed by atoms with Gasteiger partial charge in [0.1, 0.15) is 11.5 Å². The highest BCUT2D eigenvalue weighted by Crippen LogP contribution is 2.19. The van der Waals surface area contributed by atoms with Crippen molar-refractivity contribution in [3.63, 3.8) is 0 Å². The van der Waals surface area contributed by atoms with Crippen molar-refractivity contribution in [3.05, 3.63) is 45.5 Å². The van der Waals surface area contributed by atoms with Gasteiger partial charge in [0.15, 0.2) is 0 Å². The summed E-state index contributed by atoms with van der Waals surface area (Å²) in [4.78, 5) is 3.87. The lowest BCUT2D eigenvalue weighted by Gasteiger charge is -2.19. The van der Waals surface area contributed by atoms with Gasteiger partial charge in [0.05, 0.1) is 6.54 Å². The van der Waals surface area contributed by atoms with Crippen LogP contribution in [0.1, 0.15) is 42.2 Å². The first kappa shape index (κ1) is 16.3. The molecular formula is C17H26N2OS. The average molecular weight is 306 g/mol. The van der Waals surface area contributed by atoms with Gasteiger partial charge in [-0.3, -0.25) is 4.90 Å². The minimum atomic E-state index is 0.825. The average Bonchev–Trinajstić information content (AvgIpc) is 3.09. The zero-order valence-electron chi connectivity index (χ0n) is 13.3. The van der Waals surface area contributed by atoms with E-state index in [1.807, 2.05) is 11.3 Å².